The summed E-state index contributed by atoms with van der Waals surface area (Å²) in [5.74, 6) is -1.56. The second-order valence-corrected chi connectivity index (χ2v) is 4.07. The van der Waals surface area contributed by atoms with Gasteiger partial charge >= 0.3 is 35.5 Å². The van der Waals surface area contributed by atoms with E-state index < -0.39 is 17.9 Å². The number of rotatable bonds is 4. The predicted molar refractivity (Wildman–Crippen MR) is 66.5 cm³/mol. The molecule has 0 bridgehead atoms. The van der Waals surface area contributed by atoms with Crippen LogP contribution in [0.5, 0.6) is 0 Å². The van der Waals surface area contributed by atoms with Gasteiger partial charge in [-0.1, -0.05) is 18.2 Å². The number of H-pyrrole nitrogens is 1. The second-order valence-electron chi connectivity index (χ2n) is 4.07. The molecule has 94 valence electrons. The molecule has 0 spiro atoms. The first-order valence-electron chi connectivity index (χ1n) is 5.57. The maximum atomic E-state index is 11.0. The van der Waals surface area contributed by atoms with E-state index in [4.69, 9.17) is 5.11 Å². The van der Waals surface area contributed by atoms with Crippen LogP contribution in [-0.2, 0) is 11.2 Å². The third-order valence-corrected chi connectivity index (χ3v) is 2.71. The van der Waals surface area contributed by atoms with Gasteiger partial charge in [0.1, 0.15) is 6.04 Å². The van der Waals surface area contributed by atoms with Gasteiger partial charge in [-0.3, -0.25) is 4.99 Å². The summed E-state index contributed by atoms with van der Waals surface area (Å²) in [5, 5.41) is 20.9. The Kier molecular flexibility index (Phi) is 5.60. The van der Waals surface area contributed by atoms with Crippen LogP contribution >= 0.6 is 0 Å². The van der Waals surface area contributed by atoms with Crippen molar-refractivity contribution in [3.05, 3.63) is 36.0 Å². The fraction of sp³-hybridized carbons (Fsp3) is 0.231. The maximum Gasteiger partial charge on any atom is 1.00 e. The van der Waals surface area contributed by atoms with E-state index in [1.54, 1.807) is 6.20 Å². The quantitative estimate of drug-likeness (QED) is 0.380. The van der Waals surface area contributed by atoms with Crippen LogP contribution < -0.4 is 34.7 Å². The number of benzene rings is 1. The zero-order chi connectivity index (χ0) is 13.1. The molecule has 0 radical (unpaired) electrons. The zero-order valence-electron chi connectivity index (χ0n) is 10.9. The summed E-state index contributed by atoms with van der Waals surface area (Å²) in [6.45, 7) is 1.26. The molecular weight excluding hydrogens is 255 g/mol. The number of aliphatic carboxylic acids is 1. The summed E-state index contributed by atoms with van der Waals surface area (Å²) in [6.07, 6.45) is 1.97. The summed E-state index contributed by atoms with van der Waals surface area (Å²) in [7, 11) is 0. The van der Waals surface area contributed by atoms with Crippen LogP contribution in [0.1, 0.15) is 12.5 Å². The standard InChI is InChI=1S/C13H14N2O3.Na/c1-8(16)15-12(13(17)18)6-9-7-14-11-5-3-2-4-10(9)11;/h2-5,7,12,14H,6H2,1H3,(H,15,16)(H,17,18);/q;+1/p-1. The van der Waals surface area contributed by atoms with E-state index in [0.29, 0.717) is 0 Å². The van der Waals surface area contributed by atoms with Gasteiger partial charge in [0.25, 0.3) is 0 Å². The summed E-state index contributed by atoms with van der Waals surface area (Å²) in [4.78, 5) is 17.7. The molecule has 2 N–H and O–H groups in total. The number of fused-ring (bicyclic) bond motifs is 1. The van der Waals surface area contributed by atoms with Crippen molar-refractivity contribution in [1.29, 1.82) is 0 Å². The van der Waals surface area contributed by atoms with Gasteiger partial charge < -0.3 is 15.2 Å². The molecule has 2 rings (SSSR count). The van der Waals surface area contributed by atoms with Gasteiger partial charge in [-0.2, -0.15) is 0 Å². The van der Waals surface area contributed by atoms with Crippen molar-refractivity contribution in [1.82, 2.24) is 4.98 Å². The number of aromatic amines is 1. The number of carbonyl (C=O) groups is 1. The Labute approximate surface area is 132 Å². The third kappa shape index (κ3) is 3.83. The van der Waals surface area contributed by atoms with Crippen molar-refractivity contribution in [2.45, 2.75) is 19.4 Å². The molecule has 0 amide bonds. The number of aromatic nitrogens is 1. The van der Waals surface area contributed by atoms with Gasteiger partial charge in [0.2, 0.25) is 0 Å². The van der Waals surface area contributed by atoms with Gasteiger partial charge in [0.15, 0.2) is 0 Å². The van der Waals surface area contributed by atoms with E-state index in [-0.39, 0.29) is 36.0 Å². The second kappa shape index (κ2) is 6.75. The molecule has 1 atom stereocenters. The Morgan fingerprint density at radius 3 is 2.79 bits per heavy atom. The van der Waals surface area contributed by atoms with Crippen LogP contribution in [0.3, 0.4) is 0 Å². The summed E-state index contributed by atoms with van der Waals surface area (Å²) >= 11 is 0. The normalized spacial score (nSPS) is 13.0. The molecule has 0 aliphatic carbocycles. The van der Waals surface area contributed by atoms with Gasteiger partial charge in [0, 0.05) is 23.5 Å². The van der Waals surface area contributed by atoms with Crippen molar-refractivity contribution in [3.63, 3.8) is 0 Å². The average Bonchev–Trinajstić information content (AvgIpc) is 2.71. The smallest absolute Gasteiger partial charge is 0.862 e. The van der Waals surface area contributed by atoms with Crippen LogP contribution in [0, 0.1) is 0 Å². The summed E-state index contributed by atoms with van der Waals surface area (Å²) in [5.41, 5.74) is 1.79. The molecule has 0 fully saturated rings. The number of nitrogens with one attached hydrogen (secondary N) is 1. The Balaban J connectivity index is 0.00000180. The van der Waals surface area contributed by atoms with E-state index in [0.717, 1.165) is 16.5 Å². The topological polar surface area (TPSA) is 88.5 Å². The van der Waals surface area contributed by atoms with Gasteiger partial charge in [-0.05, 0) is 24.5 Å². The molecule has 0 aliphatic rings. The first kappa shape index (κ1) is 15.8. The van der Waals surface area contributed by atoms with Gasteiger partial charge in [-0.15, -0.1) is 0 Å². The summed E-state index contributed by atoms with van der Waals surface area (Å²) in [6, 6.07) is 6.58. The van der Waals surface area contributed by atoms with Crippen LogP contribution in [0.2, 0.25) is 0 Å². The van der Waals surface area contributed by atoms with Crippen LogP contribution in [-0.4, -0.2) is 28.0 Å². The van der Waals surface area contributed by atoms with Crippen molar-refractivity contribution >= 4 is 22.8 Å². The monoisotopic (exact) mass is 268 g/mol. The average molecular weight is 268 g/mol. The molecule has 1 aromatic carbocycles. The largest absolute Gasteiger partial charge is 1.00 e. The minimum absolute atomic E-state index is 0. The molecule has 1 heterocycles. The van der Waals surface area contributed by atoms with Crippen molar-refractivity contribution in [2.75, 3.05) is 0 Å². The SMILES string of the molecule is CC([O-])=NC(Cc1c[nH]c2ccccc12)C(=O)O.[Na+]. The molecular formula is C13H13N2NaO3. The molecule has 6 heteroatoms. The van der Waals surface area contributed by atoms with Crippen LogP contribution in [0.25, 0.3) is 10.9 Å². The van der Waals surface area contributed by atoms with E-state index in [1.807, 2.05) is 24.3 Å². The van der Waals surface area contributed by atoms with E-state index in [1.165, 1.54) is 6.92 Å². The van der Waals surface area contributed by atoms with Gasteiger partial charge in [-0.25, -0.2) is 4.79 Å². The molecule has 5 nitrogen and oxygen atoms in total. The number of carboxylic acid groups (broad SMARTS) is 1. The Morgan fingerprint density at radius 1 is 1.47 bits per heavy atom. The molecule has 19 heavy (non-hydrogen) atoms. The minimum Gasteiger partial charge on any atom is -0.862 e. The number of nitrogens with zero attached hydrogens (tertiary/aromatic N) is 1. The number of hydrogen-bond acceptors (Lipinski definition) is 3. The minimum atomic E-state index is -1.09. The molecule has 0 aliphatic heterocycles. The molecule has 1 aromatic heterocycles. The summed E-state index contributed by atoms with van der Waals surface area (Å²) < 4.78 is 0. The van der Waals surface area contributed by atoms with Crippen LogP contribution in [0.4, 0.5) is 0 Å². The van der Waals surface area contributed by atoms with Crippen molar-refractivity contribution in [3.8, 4) is 0 Å². The zero-order valence-corrected chi connectivity index (χ0v) is 12.9. The first-order chi connectivity index (χ1) is 8.58. The number of hydrogen-bond donors (Lipinski definition) is 2. The Morgan fingerprint density at radius 2 is 2.16 bits per heavy atom. The molecule has 2 aromatic rings. The molecule has 0 saturated carbocycles. The first-order valence-corrected chi connectivity index (χ1v) is 5.57. The van der Waals surface area contributed by atoms with Crippen molar-refractivity contribution < 1.29 is 44.6 Å². The van der Waals surface area contributed by atoms with E-state index in [2.05, 4.69) is 9.98 Å². The van der Waals surface area contributed by atoms with E-state index in [9.17, 15) is 9.90 Å². The maximum absolute atomic E-state index is 11.0. The Bertz CT molecular complexity index is 603. The van der Waals surface area contributed by atoms with Crippen LogP contribution in [0.15, 0.2) is 35.5 Å². The van der Waals surface area contributed by atoms with E-state index >= 15 is 0 Å². The number of carboxylic acids is 1. The number of aliphatic imine (C=N–C) groups is 1. The fourth-order valence-corrected chi connectivity index (χ4v) is 1.92. The predicted octanol–water partition coefficient (Wildman–Crippen LogP) is -2.05. The molecule has 0 saturated heterocycles. The Hall–Kier alpha value is -1.30. The fourth-order valence-electron chi connectivity index (χ4n) is 1.92. The van der Waals surface area contributed by atoms with Crippen molar-refractivity contribution in [2.24, 2.45) is 4.99 Å². The van der Waals surface area contributed by atoms with Gasteiger partial charge in [0.05, 0.1) is 0 Å². The third-order valence-electron chi connectivity index (χ3n) is 2.71. The molecule has 1 unspecified atom stereocenters. The number of para-hydroxylation sites is 1.